The minimum Gasteiger partial charge on any atom is -0.433 e. The van der Waals surface area contributed by atoms with Crippen molar-refractivity contribution < 1.29 is 33.3 Å². The van der Waals surface area contributed by atoms with Crippen LogP contribution in [0.3, 0.4) is 0 Å². The van der Waals surface area contributed by atoms with Crippen LogP contribution in [0.5, 0.6) is 0 Å². The first-order chi connectivity index (χ1) is 27.6. The Bertz CT molecular complexity index is 1480. The molecule has 0 amide bonds. The molecular weight excluding hydrogens is 701 g/mol. The second kappa shape index (κ2) is 23.0. The van der Waals surface area contributed by atoms with Crippen LogP contribution in [0.1, 0.15) is 132 Å². The average Bonchev–Trinajstić information content (AvgIpc) is 3.53. The number of unbranched alkanes of at least 4 members (excludes halogenated alkanes) is 7. The molecule has 302 valence electrons. The van der Waals surface area contributed by atoms with E-state index in [9.17, 15) is 9.59 Å². The van der Waals surface area contributed by atoms with Crippen LogP contribution < -0.4 is 0 Å². The maximum atomic E-state index is 13.4. The first-order valence-corrected chi connectivity index (χ1v) is 21.7. The second-order valence-electron chi connectivity index (χ2n) is 15.9. The predicted molar refractivity (Wildman–Crippen MR) is 220 cm³/mol. The van der Waals surface area contributed by atoms with E-state index in [1.807, 2.05) is 6.08 Å². The van der Waals surface area contributed by atoms with E-state index < -0.39 is 11.9 Å². The molecule has 56 heavy (non-hydrogen) atoms. The number of carbonyl (C=O) groups excluding carboxylic acids is 2. The van der Waals surface area contributed by atoms with Crippen LogP contribution in [0, 0.1) is 11.8 Å². The molecule has 7 nitrogen and oxygen atoms in total. The number of ketones is 1. The van der Waals surface area contributed by atoms with Gasteiger partial charge in [0.25, 0.3) is 0 Å². The van der Waals surface area contributed by atoms with Crippen LogP contribution in [-0.4, -0.2) is 50.3 Å². The first kappa shape index (κ1) is 42.0. The average molecular weight is 765 g/mol. The number of Topliss-reactive ketones (excluding diaryl/α,β-unsaturated/α-hetero) is 1. The van der Waals surface area contributed by atoms with Crippen molar-refractivity contribution in [3.63, 3.8) is 0 Å². The molecule has 3 fully saturated rings. The van der Waals surface area contributed by atoms with E-state index in [-0.39, 0.29) is 30.2 Å². The monoisotopic (exact) mass is 764 g/mol. The predicted octanol–water partition coefficient (Wildman–Crippen LogP) is 11.0. The molecule has 3 aromatic rings. The fraction of sp³-hybridized carbons (Fsp3) is 0.551. The van der Waals surface area contributed by atoms with Crippen LogP contribution in [0.25, 0.3) is 0 Å². The summed E-state index contributed by atoms with van der Waals surface area (Å²) in [4.78, 5) is 25.6. The molecule has 7 heteroatoms. The van der Waals surface area contributed by atoms with Crippen molar-refractivity contribution >= 4 is 11.8 Å². The molecule has 3 aliphatic rings. The van der Waals surface area contributed by atoms with Gasteiger partial charge in [0.1, 0.15) is 11.4 Å². The lowest BCUT2D eigenvalue weighted by Crippen LogP contribution is -2.33. The van der Waals surface area contributed by atoms with Gasteiger partial charge in [-0.05, 0) is 86.8 Å². The van der Waals surface area contributed by atoms with Gasteiger partial charge in [-0.15, -0.1) is 0 Å². The van der Waals surface area contributed by atoms with Crippen LogP contribution in [0.15, 0.2) is 103 Å². The van der Waals surface area contributed by atoms with Gasteiger partial charge in [-0.2, -0.15) is 0 Å². The summed E-state index contributed by atoms with van der Waals surface area (Å²) in [5.74, 6) is 0.291. The Labute approximate surface area is 335 Å². The number of allylic oxidation sites excluding steroid dienone is 1. The van der Waals surface area contributed by atoms with E-state index in [4.69, 9.17) is 23.7 Å². The fourth-order valence-electron chi connectivity index (χ4n) is 8.89. The summed E-state index contributed by atoms with van der Waals surface area (Å²) in [5, 5.41) is 0. The van der Waals surface area contributed by atoms with E-state index in [0.29, 0.717) is 25.4 Å². The highest BCUT2D eigenvalue weighted by molar-refractivity contribution is 5.84. The smallest absolute Gasteiger partial charge is 0.332 e. The van der Waals surface area contributed by atoms with E-state index in [1.165, 1.54) is 12.5 Å². The Hall–Kier alpha value is -3.62. The van der Waals surface area contributed by atoms with Crippen molar-refractivity contribution in [1.82, 2.24) is 0 Å². The third-order valence-corrected chi connectivity index (χ3v) is 11.8. The zero-order valence-corrected chi connectivity index (χ0v) is 33.4. The van der Waals surface area contributed by atoms with Crippen LogP contribution >= 0.6 is 0 Å². The number of benzene rings is 3. The third kappa shape index (κ3) is 12.2. The molecule has 2 heterocycles. The lowest BCUT2D eigenvalue weighted by Gasteiger charge is -2.36. The Kier molecular flexibility index (Phi) is 17.2. The maximum absolute atomic E-state index is 13.4. The Balaban J connectivity index is 0.947. The standard InChI is InChI=1S/C49H64O7/c50-44-38-45(55-47-33-19-22-35-52-47)43(42(44)30-16-4-5-18-32-46(51)56-48-34-20-23-36-53-48)31-17-3-1-2-6-21-37-54-49(39-24-10-7-11-25-39,40-26-12-8-13-27-40)41-28-14-9-15-29-41/h7-15,18,24-29,32,42-43,45,47-48H,1-6,16-17,19-23,30-31,33-38H2/t42?,43-,45?,47?,48?/m1/s1. The quantitative estimate of drug-likeness (QED) is 0.0436. The highest BCUT2D eigenvalue weighted by Gasteiger charge is 2.43. The van der Waals surface area contributed by atoms with Gasteiger partial charge in [-0.1, -0.05) is 136 Å². The molecular formula is C49H64O7. The maximum Gasteiger partial charge on any atom is 0.332 e. The fourth-order valence-corrected chi connectivity index (χ4v) is 8.89. The molecule has 1 saturated carbocycles. The second-order valence-corrected chi connectivity index (χ2v) is 15.9. The minimum atomic E-state index is -0.672. The van der Waals surface area contributed by atoms with Gasteiger partial charge in [-0.3, -0.25) is 4.79 Å². The Morgan fingerprint density at radius 2 is 1.21 bits per heavy atom. The van der Waals surface area contributed by atoms with E-state index in [2.05, 4.69) is 91.0 Å². The summed E-state index contributed by atoms with van der Waals surface area (Å²) >= 11 is 0. The number of ether oxygens (including phenoxy) is 5. The largest absolute Gasteiger partial charge is 0.433 e. The van der Waals surface area contributed by atoms with Crippen molar-refractivity contribution in [2.24, 2.45) is 11.8 Å². The molecule has 5 atom stereocenters. The third-order valence-electron chi connectivity index (χ3n) is 11.8. The number of rotatable bonds is 22. The molecule has 2 saturated heterocycles. The van der Waals surface area contributed by atoms with Gasteiger partial charge in [0, 0.05) is 38.0 Å². The molecule has 4 unspecified atom stereocenters. The molecule has 0 N–H and O–H groups in total. The minimum absolute atomic E-state index is 0.0391. The van der Waals surface area contributed by atoms with Crippen molar-refractivity contribution in [3.05, 3.63) is 120 Å². The van der Waals surface area contributed by atoms with Gasteiger partial charge < -0.3 is 23.7 Å². The highest BCUT2D eigenvalue weighted by atomic mass is 16.7. The lowest BCUT2D eigenvalue weighted by atomic mass is 9.80. The van der Waals surface area contributed by atoms with E-state index >= 15 is 0 Å². The summed E-state index contributed by atoms with van der Waals surface area (Å²) < 4.78 is 30.3. The van der Waals surface area contributed by atoms with Crippen LogP contribution in [-0.2, 0) is 38.9 Å². The Morgan fingerprint density at radius 1 is 0.661 bits per heavy atom. The number of carbonyl (C=O) groups is 2. The van der Waals surface area contributed by atoms with Crippen LogP contribution in [0.2, 0.25) is 0 Å². The Morgan fingerprint density at radius 3 is 1.80 bits per heavy atom. The molecule has 0 radical (unpaired) electrons. The molecule has 3 aromatic carbocycles. The van der Waals surface area contributed by atoms with Crippen molar-refractivity contribution in [2.75, 3.05) is 19.8 Å². The van der Waals surface area contributed by atoms with Crippen molar-refractivity contribution in [1.29, 1.82) is 0 Å². The summed E-state index contributed by atoms with van der Waals surface area (Å²) in [7, 11) is 0. The molecule has 6 rings (SSSR count). The van der Waals surface area contributed by atoms with Crippen molar-refractivity contribution in [3.8, 4) is 0 Å². The summed E-state index contributed by atoms with van der Waals surface area (Å²) in [6, 6.07) is 31.8. The summed E-state index contributed by atoms with van der Waals surface area (Å²) in [6.07, 6.45) is 20.5. The van der Waals surface area contributed by atoms with E-state index in [1.54, 1.807) is 0 Å². The SMILES string of the molecule is O=C(C=CCCCCC1C(=O)CC(OC2CCCCO2)[C@@H]1CCCCCCCCOC(c1ccccc1)(c1ccccc1)c1ccccc1)OC1CCCCO1. The van der Waals surface area contributed by atoms with Gasteiger partial charge in [-0.25, -0.2) is 4.79 Å². The normalized spacial score (nSPS) is 23.1. The molecule has 0 aromatic heterocycles. The summed E-state index contributed by atoms with van der Waals surface area (Å²) in [6.45, 7) is 2.06. The molecule has 0 spiro atoms. The van der Waals surface area contributed by atoms with Crippen LogP contribution in [0.4, 0.5) is 0 Å². The topological polar surface area (TPSA) is 80.3 Å². The number of esters is 1. The highest BCUT2D eigenvalue weighted by Crippen LogP contribution is 2.41. The molecule has 1 aliphatic carbocycles. The van der Waals surface area contributed by atoms with Gasteiger partial charge in [0.2, 0.25) is 6.29 Å². The zero-order valence-electron chi connectivity index (χ0n) is 33.4. The first-order valence-electron chi connectivity index (χ1n) is 21.7. The van der Waals surface area contributed by atoms with E-state index in [0.717, 1.165) is 126 Å². The number of hydrogen-bond acceptors (Lipinski definition) is 7. The van der Waals surface area contributed by atoms with Gasteiger partial charge >= 0.3 is 5.97 Å². The summed E-state index contributed by atoms with van der Waals surface area (Å²) in [5.41, 5.74) is 2.74. The van der Waals surface area contributed by atoms with Gasteiger partial charge in [0.15, 0.2) is 6.29 Å². The lowest BCUT2D eigenvalue weighted by molar-refractivity contribution is -0.196. The van der Waals surface area contributed by atoms with Gasteiger partial charge in [0.05, 0.1) is 12.7 Å². The molecule has 2 aliphatic heterocycles. The molecule has 0 bridgehead atoms. The zero-order chi connectivity index (χ0) is 38.7. The number of hydrogen-bond donors (Lipinski definition) is 0. The van der Waals surface area contributed by atoms with Crippen molar-refractivity contribution in [2.45, 2.75) is 140 Å².